The van der Waals surface area contributed by atoms with Crippen molar-refractivity contribution in [3.05, 3.63) is 50.4 Å². The number of amides is 1. The average molecular weight is 487 g/mol. The van der Waals surface area contributed by atoms with Crippen LogP contribution in [0, 0.1) is 6.92 Å². The molecule has 26 heavy (non-hydrogen) atoms. The van der Waals surface area contributed by atoms with Gasteiger partial charge in [0.15, 0.2) is 6.61 Å². The molecular formula is C18H17Br2NO5. The molecule has 2 aromatic carbocycles. The normalized spacial score (nSPS) is 10.2. The van der Waals surface area contributed by atoms with Crippen LogP contribution in [0.4, 0.5) is 5.69 Å². The molecule has 1 amide bonds. The van der Waals surface area contributed by atoms with E-state index in [0.29, 0.717) is 21.7 Å². The van der Waals surface area contributed by atoms with E-state index in [2.05, 4.69) is 37.2 Å². The fraction of sp³-hybridized carbons (Fsp3) is 0.222. The lowest BCUT2D eigenvalue weighted by molar-refractivity contribution is -0.119. The highest BCUT2D eigenvalue weighted by molar-refractivity contribution is 9.11. The third kappa shape index (κ3) is 4.98. The molecular weight excluding hydrogens is 470 g/mol. The molecule has 0 aromatic heterocycles. The average Bonchev–Trinajstić information content (AvgIpc) is 2.62. The summed E-state index contributed by atoms with van der Waals surface area (Å²) in [5.74, 6) is -0.264. The lowest BCUT2D eigenvalue weighted by Gasteiger charge is -2.12. The van der Waals surface area contributed by atoms with Crippen LogP contribution in [0.1, 0.15) is 15.9 Å². The number of carbonyl (C=O) groups is 2. The van der Waals surface area contributed by atoms with Crippen molar-refractivity contribution in [3.8, 4) is 11.5 Å². The lowest BCUT2D eigenvalue weighted by Crippen LogP contribution is -2.21. The summed E-state index contributed by atoms with van der Waals surface area (Å²) < 4.78 is 16.8. The van der Waals surface area contributed by atoms with Crippen LogP contribution in [0.15, 0.2) is 39.3 Å². The number of aryl methyl sites for hydroxylation is 1. The van der Waals surface area contributed by atoms with Crippen LogP contribution in [0.3, 0.4) is 0 Å². The van der Waals surface area contributed by atoms with Gasteiger partial charge in [-0.2, -0.15) is 0 Å². The van der Waals surface area contributed by atoms with E-state index in [-0.39, 0.29) is 5.56 Å². The number of anilines is 1. The number of esters is 1. The van der Waals surface area contributed by atoms with Crippen LogP contribution in [0.25, 0.3) is 0 Å². The number of ether oxygens (including phenoxy) is 3. The van der Waals surface area contributed by atoms with Crippen LogP contribution in [-0.2, 0) is 9.53 Å². The molecule has 0 unspecified atom stereocenters. The van der Waals surface area contributed by atoms with E-state index in [4.69, 9.17) is 14.2 Å². The number of hydrogen-bond donors (Lipinski definition) is 1. The van der Waals surface area contributed by atoms with Crippen molar-refractivity contribution in [1.29, 1.82) is 0 Å². The fourth-order valence-electron chi connectivity index (χ4n) is 2.11. The van der Waals surface area contributed by atoms with Gasteiger partial charge in [-0.3, -0.25) is 4.79 Å². The molecule has 6 nitrogen and oxygen atoms in total. The van der Waals surface area contributed by atoms with Crippen molar-refractivity contribution in [1.82, 2.24) is 0 Å². The SMILES string of the molecule is COc1cc(C(=O)OCC(=O)Nc2ccc(C)cc2Br)cc(OC)c1Br. The Morgan fingerprint density at radius 3 is 2.19 bits per heavy atom. The van der Waals surface area contributed by atoms with Gasteiger partial charge in [0.1, 0.15) is 16.0 Å². The molecule has 0 fully saturated rings. The molecule has 0 radical (unpaired) electrons. The van der Waals surface area contributed by atoms with Gasteiger partial charge < -0.3 is 19.5 Å². The van der Waals surface area contributed by atoms with Gasteiger partial charge in [-0.15, -0.1) is 0 Å². The predicted molar refractivity (Wildman–Crippen MR) is 105 cm³/mol. The summed E-state index contributed by atoms with van der Waals surface area (Å²) in [5, 5.41) is 2.68. The zero-order valence-corrected chi connectivity index (χ0v) is 17.6. The standard InChI is InChI=1S/C18H17Br2NO5/c1-10-4-5-13(12(19)6-10)21-16(22)9-26-18(23)11-7-14(24-2)17(20)15(8-11)25-3/h4-8H,9H2,1-3H3,(H,21,22). The molecule has 0 saturated carbocycles. The summed E-state index contributed by atoms with van der Waals surface area (Å²) in [5.41, 5.74) is 1.87. The minimum absolute atomic E-state index is 0.214. The Morgan fingerprint density at radius 1 is 1.04 bits per heavy atom. The Hall–Kier alpha value is -2.06. The zero-order valence-electron chi connectivity index (χ0n) is 14.4. The van der Waals surface area contributed by atoms with Crippen LogP contribution in [0.2, 0.25) is 0 Å². The van der Waals surface area contributed by atoms with Crippen molar-refractivity contribution in [2.24, 2.45) is 0 Å². The van der Waals surface area contributed by atoms with Gasteiger partial charge in [-0.25, -0.2) is 4.79 Å². The zero-order chi connectivity index (χ0) is 19.3. The largest absolute Gasteiger partial charge is 0.495 e. The fourth-order valence-corrected chi connectivity index (χ4v) is 3.25. The minimum Gasteiger partial charge on any atom is -0.495 e. The van der Waals surface area contributed by atoms with Gasteiger partial charge in [0.25, 0.3) is 5.91 Å². The Kier molecular flexibility index (Phi) is 7.05. The number of rotatable bonds is 6. The highest BCUT2D eigenvalue weighted by atomic mass is 79.9. The van der Waals surface area contributed by atoms with E-state index >= 15 is 0 Å². The second-order valence-corrected chi connectivity index (χ2v) is 6.95. The number of hydrogen-bond acceptors (Lipinski definition) is 5. The second-order valence-electron chi connectivity index (χ2n) is 5.30. The molecule has 0 heterocycles. The number of halogens is 2. The van der Waals surface area contributed by atoms with Crippen molar-refractivity contribution >= 4 is 49.4 Å². The van der Waals surface area contributed by atoms with Gasteiger partial charge >= 0.3 is 5.97 Å². The number of methoxy groups -OCH3 is 2. The highest BCUT2D eigenvalue weighted by Crippen LogP contribution is 2.35. The first-order chi connectivity index (χ1) is 12.3. The van der Waals surface area contributed by atoms with E-state index in [0.717, 1.165) is 10.0 Å². The summed E-state index contributed by atoms with van der Waals surface area (Å²) in [7, 11) is 2.95. The summed E-state index contributed by atoms with van der Waals surface area (Å²) >= 11 is 6.70. The molecule has 0 atom stereocenters. The van der Waals surface area contributed by atoms with Gasteiger partial charge in [-0.05, 0) is 68.6 Å². The van der Waals surface area contributed by atoms with Crippen LogP contribution >= 0.6 is 31.9 Å². The summed E-state index contributed by atoms with van der Waals surface area (Å²) in [4.78, 5) is 24.2. The molecule has 2 aromatic rings. The number of benzene rings is 2. The van der Waals surface area contributed by atoms with E-state index in [9.17, 15) is 9.59 Å². The topological polar surface area (TPSA) is 73.9 Å². The third-order valence-corrected chi connectivity index (χ3v) is 4.85. The van der Waals surface area contributed by atoms with Crippen molar-refractivity contribution in [2.75, 3.05) is 26.1 Å². The van der Waals surface area contributed by atoms with E-state index in [1.54, 1.807) is 6.07 Å². The van der Waals surface area contributed by atoms with E-state index in [1.807, 2.05) is 19.1 Å². The maximum atomic E-state index is 12.2. The Labute approximate surface area is 168 Å². The molecule has 8 heteroatoms. The first-order valence-corrected chi connectivity index (χ1v) is 9.09. The molecule has 1 N–H and O–H groups in total. The van der Waals surface area contributed by atoms with Crippen molar-refractivity contribution in [3.63, 3.8) is 0 Å². The monoisotopic (exact) mass is 485 g/mol. The summed E-state index contributed by atoms with van der Waals surface area (Å²) in [6.45, 7) is 1.53. The quantitative estimate of drug-likeness (QED) is 0.615. The maximum absolute atomic E-state index is 12.2. The smallest absolute Gasteiger partial charge is 0.338 e. The van der Waals surface area contributed by atoms with E-state index in [1.165, 1.54) is 26.4 Å². The number of nitrogens with one attached hydrogen (secondary N) is 1. The Balaban J connectivity index is 2.03. The predicted octanol–water partition coefficient (Wildman–Crippen LogP) is 4.33. The van der Waals surface area contributed by atoms with Gasteiger partial charge in [0.05, 0.1) is 25.5 Å². The van der Waals surface area contributed by atoms with E-state index < -0.39 is 18.5 Å². The third-order valence-electron chi connectivity index (χ3n) is 3.41. The van der Waals surface area contributed by atoms with Crippen molar-refractivity contribution < 1.29 is 23.8 Å². The van der Waals surface area contributed by atoms with Gasteiger partial charge in [-0.1, -0.05) is 6.07 Å². The highest BCUT2D eigenvalue weighted by Gasteiger charge is 2.17. The molecule has 0 aliphatic rings. The molecule has 0 spiro atoms. The Bertz CT molecular complexity index is 813. The van der Waals surface area contributed by atoms with Crippen LogP contribution in [0.5, 0.6) is 11.5 Å². The summed E-state index contributed by atoms with van der Waals surface area (Å²) in [6, 6.07) is 8.52. The van der Waals surface area contributed by atoms with Crippen LogP contribution < -0.4 is 14.8 Å². The molecule has 0 aliphatic carbocycles. The molecule has 0 bridgehead atoms. The summed E-state index contributed by atoms with van der Waals surface area (Å²) in [6.07, 6.45) is 0. The Morgan fingerprint density at radius 2 is 1.65 bits per heavy atom. The first-order valence-electron chi connectivity index (χ1n) is 7.50. The first kappa shape index (κ1) is 20.3. The second kappa shape index (κ2) is 9.05. The molecule has 138 valence electrons. The van der Waals surface area contributed by atoms with Crippen molar-refractivity contribution in [2.45, 2.75) is 6.92 Å². The molecule has 0 aliphatic heterocycles. The minimum atomic E-state index is -0.660. The molecule has 2 rings (SSSR count). The molecule has 0 saturated heterocycles. The van der Waals surface area contributed by atoms with Crippen LogP contribution in [-0.4, -0.2) is 32.7 Å². The lowest BCUT2D eigenvalue weighted by atomic mass is 10.2. The number of carbonyl (C=O) groups excluding carboxylic acids is 2. The maximum Gasteiger partial charge on any atom is 0.338 e. The van der Waals surface area contributed by atoms with Gasteiger partial charge in [0, 0.05) is 4.47 Å². The van der Waals surface area contributed by atoms with Gasteiger partial charge in [0.2, 0.25) is 0 Å².